The Morgan fingerprint density at radius 2 is 1.79 bits per heavy atom. The molecule has 0 bridgehead atoms. The van der Waals surface area contributed by atoms with E-state index in [9.17, 15) is 4.79 Å². The molecule has 1 atom stereocenters. The third-order valence-corrected chi connectivity index (χ3v) is 2.10. The maximum atomic E-state index is 10.8. The fraction of sp³-hybridized carbons (Fsp3) is 0.364. The van der Waals surface area contributed by atoms with Gasteiger partial charge in [-0.2, -0.15) is 0 Å². The monoisotopic (exact) mass is 192 g/mol. The molecular formula is C11H16N2O. The van der Waals surface area contributed by atoms with Gasteiger partial charge in [0.05, 0.1) is 6.04 Å². The molecule has 76 valence electrons. The van der Waals surface area contributed by atoms with Crippen molar-refractivity contribution in [2.45, 2.75) is 26.3 Å². The van der Waals surface area contributed by atoms with Crippen molar-refractivity contribution in [2.24, 2.45) is 11.5 Å². The Bertz CT molecular complexity index is 327. The number of nitrogens with two attached hydrogens (primary N) is 2. The first kappa shape index (κ1) is 10.7. The zero-order valence-corrected chi connectivity index (χ0v) is 8.58. The SMILES string of the molecule is Cc1cc(C)cc(CC(N)C(N)=O)c1. The number of hydrogen-bond acceptors (Lipinski definition) is 2. The maximum Gasteiger partial charge on any atom is 0.234 e. The van der Waals surface area contributed by atoms with Crippen LogP contribution in [0.1, 0.15) is 16.7 Å². The number of benzene rings is 1. The molecule has 0 aliphatic heterocycles. The van der Waals surface area contributed by atoms with Crippen molar-refractivity contribution in [3.63, 3.8) is 0 Å². The highest BCUT2D eigenvalue weighted by Gasteiger charge is 2.09. The summed E-state index contributed by atoms with van der Waals surface area (Å²) in [6.45, 7) is 4.04. The van der Waals surface area contributed by atoms with Gasteiger partial charge in [0.25, 0.3) is 0 Å². The minimum absolute atomic E-state index is 0.454. The van der Waals surface area contributed by atoms with Crippen LogP contribution in [0.15, 0.2) is 18.2 Å². The quantitative estimate of drug-likeness (QED) is 0.738. The Morgan fingerprint density at radius 1 is 1.29 bits per heavy atom. The second-order valence-corrected chi connectivity index (χ2v) is 3.71. The van der Waals surface area contributed by atoms with Crippen LogP contribution in [0.5, 0.6) is 0 Å². The number of carbonyl (C=O) groups excluding carboxylic acids is 1. The van der Waals surface area contributed by atoms with Gasteiger partial charge in [-0.15, -0.1) is 0 Å². The van der Waals surface area contributed by atoms with Crippen LogP contribution in [-0.4, -0.2) is 11.9 Å². The number of aryl methyl sites for hydroxylation is 2. The Balaban J connectivity index is 2.81. The summed E-state index contributed by atoms with van der Waals surface area (Å²) in [6, 6.07) is 5.54. The van der Waals surface area contributed by atoms with Gasteiger partial charge in [-0.25, -0.2) is 0 Å². The smallest absolute Gasteiger partial charge is 0.234 e. The molecular weight excluding hydrogens is 176 g/mol. The molecule has 0 saturated heterocycles. The molecule has 14 heavy (non-hydrogen) atoms. The number of amides is 1. The first-order valence-corrected chi connectivity index (χ1v) is 4.61. The van der Waals surface area contributed by atoms with Gasteiger partial charge in [0.2, 0.25) is 5.91 Å². The lowest BCUT2D eigenvalue weighted by atomic mass is 10.0. The second-order valence-electron chi connectivity index (χ2n) is 3.71. The first-order valence-electron chi connectivity index (χ1n) is 4.61. The van der Waals surface area contributed by atoms with Gasteiger partial charge < -0.3 is 11.5 Å². The predicted octanol–water partition coefficient (Wildman–Crippen LogP) is 0.659. The Hall–Kier alpha value is -1.35. The molecule has 1 unspecified atom stereocenters. The molecule has 1 amide bonds. The summed E-state index contributed by atoms with van der Waals surface area (Å²) in [5, 5.41) is 0. The summed E-state index contributed by atoms with van der Waals surface area (Å²) >= 11 is 0. The Morgan fingerprint density at radius 3 is 2.21 bits per heavy atom. The van der Waals surface area contributed by atoms with Crippen LogP contribution in [-0.2, 0) is 11.2 Å². The van der Waals surface area contributed by atoms with Crippen molar-refractivity contribution < 1.29 is 4.79 Å². The molecule has 0 aromatic heterocycles. The fourth-order valence-corrected chi connectivity index (χ4v) is 1.54. The number of hydrogen-bond donors (Lipinski definition) is 2. The van der Waals surface area contributed by atoms with E-state index in [1.165, 1.54) is 11.1 Å². The number of carbonyl (C=O) groups is 1. The molecule has 4 N–H and O–H groups in total. The number of primary amides is 1. The molecule has 0 aliphatic carbocycles. The van der Waals surface area contributed by atoms with E-state index in [2.05, 4.69) is 6.07 Å². The Labute approximate surface area is 84.1 Å². The molecule has 0 saturated carbocycles. The zero-order chi connectivity index (χ0) is 10.7. The van der Waals surface area contributed by atoms with Crippen LogP contribution in [0.2, 0.25) is 0 Å². The second kappa shape index (κ2) is 4.24. The molecule has 1 rings (SSSR count). The van der Waals surface area contributed by atoms with Crippen molar-refractivity contribution in [3.05, 3.63) is 34.9 Å². The van der Waals surface area contributed by atoms with Gasteiger partial charge in [-0.3, -0.25) is 4.79 Å². The highest BCUT2D eigenvalue weighted by Crippen LogP contribution is 2.10. The average Bonchev–Trinajstić information content (AvgIpc) is 2.01. The van der Waals surface area contributed by atoms with E-state index in [0.29, 0.717) is 6.42 Å². The predicted molar refractivity (Wildman–Crippen MR) is 56.8 cm³/mol. The van der Waals surface area contributed by atoms with Crippen LogP contribution in [0.3, 0.4) is 0 Å². The lowest BCUT2D eigenvalue weighted by Gasteiger charge is -2.08. The van der Waals surface area contributed by atoms with Crippen molar-refractivity contribution in [1.82, 2.24) is 0 Å². The van der Waals surface area contributed by atoms with Gasteiger partial charge in [-0.1, -0.05) is 29.3 Å². The summed E-state index contributed by atoms with van der Waals surface area (Å²) < 4.78 is 0. The molecule has 3 nitrogen and oxygen atoms in total. The van der Waals surface area contributed by atoms with Crippen molar-refractivity contribution in [3.8, 4) is 0 Å². The molecule has 1 aromatic carbocycles. The molecule has 0 spiro atoms. The summed E-state index contributed by atoms with van der Waals surface area (Å²) in [5.41, 5.74) is 14.1. The van der Waals surface area contributed by atoms with E-state index >= 15 is 0 Å². The summed E-state index contributed by atoms with van der Waals surface area (Å²) in [4.78, 5) is 10.8. The highest BCUT2D eigenvalue weighted by molar-refractivity contribution is 5.79. The number of rotatable bonds is 3. The molecule has 0 fully saturated rings. The normalized spacial score (nSPS) is 12.5. The van der Waals surface area contributed by atoms with Crippen LogP contribution in [0, 0.1) is 13.8 Å². The standard InChI is InChI=1S/C11H16N2O/c1-7-3-8(2)5-9(4-7)6-10(12)11(13)14/h3-5,10H,6,12H2,1-2H3,(H2,13,14). The maximum absolute atomic E-state index is 10.8. The third kappa shape index (κ3) is 2.85. The lowest BCUT2D eigenvalue weighted by Crippen LogP contribution is -2.38. The van der Waals surface area contributed by atoms with Gasteiger partial charge in [-0.05, 0) is 25.8 Å². The highest BCUT2D eigenvalue weighted by atomic mass is 16.1. The molecule has 0 radical (unpaired) electrons. The van der Waals surface area contributed by atoms with Crippen molar-refractivity contribution >= 4 is 5.91 Å². The van der Waals surface area contributed by atoms with Gasteiger partial charge in [0.1, 0.15) is 0 Å². The fourth-order valence-electron chi connectivity index (χ4n) is 1.54. The average molecular weight is 192 g/mol. The third-order valence-electron chi connectivity index (χ3n) is 2.10. The van der Waals surface area contributed by atoms with E-state index in [1.807, 2.05) is 26.0 Å². The Kier molecular flexibility index (Phi) is 3.25. The molecule has 0 heterocycles. The van der Waals surface area contributed by atoms with E-state index in [1.54, 1.807) is 0 Å². The summed E-state index contributed by atoms with van der Waals surface area (Å²) in [6.07, 6.45) is 0.512. The minimum atomic E-state index is -0.587. The van der Waals surface area contributed by atoms with E-state index in [0.717, 1.165) is 5.56 Å². The van der Waals surface area contributed by atoms with Crippen LogP contribution in [0.25, 0.3) is 0 Å². The zero-order valence-electron chi connectivity index (χ0n) is 8.58. The van der Waals surface area contributed by atoms with E-state index in [4.69, 9.17) is 11.5 Å². The van der Waals surface area contributed by atoms with Crippen molar-refractivity contribution in [1.29, 1.82) is 0 Å². The van der Waals surface area contributed by atoms with Gasteiger partial charge in [0.15, 0.2) is 0 Å². The van der Waals surface area contributed by atoms with Gasteiger partial charge in [0, 0.05) is 0 Å². The van der Waals surface area contributed by atoms with E-state index < -0.39 is 11.9 Å². The lowest BCUT2D eigenvalue weighted by molar-refractivity contribution is -0.119. The summed E-state index contributed by atoms with van der Waals surface area (Å²) in [5.74, 6) is -0.454. The molecule has 3 heteroatoms. The summed E-state index contributed by atoms with van der Waals surface area (Å²) in [7, 11) is 0. The van der Waals surface area contributed by atoms with Crippen LogP contribution < -0.4 is 11.5 Å². The van der Waals surface area contributed by atoms with Crippen molar-refractivity contribution in [2.75, 3.05) is 0 Å². The largest absolute Gasteiger partial charge is 0.368 e. The minimum Gasteiger partial charge on any atom is -0.368 e. The first-order chi connectivity index (χ1) is 6.49. The van der Waals surface area contributed by atoms with Crippen LogP contribution in [0.4, 0.5) is 0 Å². The molecule has 0 aliphatic rings. The topological polar surface area (TPSA) is 69.1 Å². The van der Waals surface area contributed by atoms with Crippen LogP contribution >= 0.6 is 0 Å². The van der Waals surface area contributed by atoms with Gasteiger partial charge >= 0.3 is 0 Å². The van der Waals surface area contributed by atoms with E-state index in [-0.39, 0.29) is 0 Å². The molecule has 1 aromatic rings.